The summed E-state index contributed by atoms with van der Waals surface area (Å²) >= 11 is 7.81. The minimum absolute atomic E-state index is 0.131. The standard InChI is InChI=1S/C14H17ClN2S/c1-4-16-13(11-6-5-7-12(15)8-11)14-17-9(2)10(3)18-14/h5-8,13,16H,4H2,1-3H3. The molecule has 1 aromatic carbocycles. The Bertz CT molecular complexity index is 517. The summed E-state index contributed by atoms with van der Waals surface area (Å²) in [5.74, 6) is 0. The number of hydrogen-bond donors (Lipinski definition) is 1. The third-order valence-electron chi connectivity index (χ3n) is 2.88. The van der Waals surface area contributed by atoms with E-state index >= 15 is 0 Å². The largest absolute Gasteiger partial charge is 0.305 e. The number of benzene rings is 1. The zero-order valence-corrected chi connectivity index (χ0v) is 12.4. The summed E-state index contributed by atoms with van der Waals surface area (Å²) in [6.45, 7) is 7.16. The molecule has 0 amide bonds. The van der Waals surface area contributed by atoms with Crippen LogP contribution in [0, 0.1) is 13.8 Å². The van der Waals surface area contributed by atoms with Gasteiger partial charge in [0.25, 0.3) is 0 Å². The van der Waals surface area contributed by atoms with Crippen LogP contribution in [0.2, 0.25) is 5.02 Å². The molecule has 1 N–H and O–H groups in total. The predicted molar refractivity (Wildman–Crippen MR) is 78.6 cm³/mol. The van der Waals surface area contributed by atoms with Gasteiger partial charge in [-0.2, -0.15) is 0 Å². The maximum Gasteiger partial charge on any atom is 0.115 e. The molecule has 1 unspecified atom stereocenters. The highest BCUT2D eigenvalue weighted by atomic mass is 35.5. The first kappa shape index (κ1) is 13.5. The Morgan fingerprint density at radius 2 is 2.17 bits per heavy atom. The summed E-state index contributed by atoms with van der Waals surface area (Å²) in [6.07, 6.45) is 0. The lowest BCUT2D eigenvalue weighted by atomic mass is 10.1. The highest BCUT2D eigenvalue weighted by Crippen LogP contribution is 2.29. The van der Waals surface area contributed by atoms with Crippen molar-refractivity contribution >= 4 is 22.9 Å². The van der Waals surface area contributed by atoms with E-state index in [1.807, 2.05) is 18.2 Å². The molecular formula is C14H17ClN2S. The van der Waals surface area contributed by atoms with E-state index in [2.05, 4.69) is 37.1 Å². The van der Waals surface area contributed by atoms with Gasteiger partial charge in [0, 0.05) is 9.90 Å². The Kier molecular flexibility index (Phi) is 4.38. The number of thiazole rings is 1. The fourth-order valence-corrected chi connectivity index (χ4v) is 3.08. The average Bonchev–Trinajstić information content (AvgIpc) is 2.66. The molecule has 1 atom stereocenters. The zero-order chi connectivity index (χ0) is 13.1. The second-order valence-electron chi connectivity index (χ2n) is 4.24. The van der Waals surface area contributed by atoms with E-state index < -0.39 is 0 Å². The smallest absolute Gasteiger partial charge is 0.115 e. The Labute approximate surface area is 117 Å². The van der Waals surface area contributed by atoms with Crippen LogP contribution < -0.4 is 5.32 Å². The zero-order valence-electron chi connectivity index (χ0n) is 10.8. The molecule has 0 aliphatic heterocycles. The molecule has 1 aromatic heterocycles. The van der Waals surface area contributed by atoms with Gasteiger partial charge in [-0.3, -0.25) is 0 Å². The van der Waals surface area contributed by atoms with Crippen molar-refractivity contribution in [1.82, 2.24) is 10.3 Å². The Morgan fingerprint density at radius 1 is 1.39 bits per heavy atom. The van der Waals surface area contributed by atoms with Crippen molar-refractivity contribution in [3.63, 3.8) is 0 Å². The van der Waals surface area contributed by atoms with Crippen LogP contribution in [0.4, 0.5) is 0 Å². The van der Waals surface area contributed by atoms with E-state index in [1.165, 1.54) is 4.88 Å². The lowest BCUT2D eigenvalue weighted by molar-refractivity contribution is 0.626. The first-order valence-corrected chi connectivity index (χ1v) is 7.24. The third kappa shape index (κ3) is 2.91. The number of aromatic nitrogens is 1. The fourth-order valence-electron chi connectivity index (χ4n) is 1.86. The van der Waals surface area contributed by atoms with E-state index in [4.69, 9.17) is 11.6 Å². The molecule has 0 aliphatic rings. The predicted octanol–water partition coefficient (Wildman–Crippen LogP) is 4.11. The third-order valence-corrected chi connectivity index (χ3v) is 4.26. The molecule has 2 aromatic rings. The molecule has 0 spiro atoms. The van der Waals surface area contributed by atoms with Gasteiger partial charge in [0.1, 0.15) is 5.01 Å². The Hall–Kier alpha value is -0.900. The van der Waals surface area contributed by atoms with Gasteiger partial charge in [-0.1, -0.05) is 30.7 Å². The molecule has 1 heterocycles. The van der Waals surface area contributed by atoms with E-state index in [1.54, 1.807) is 11.3 Å². The van der Waals surface area contributed by atoms with Gasteiger partial charge in [-0.05, 0) is 38.1 Å². The first-order valence-electron chi connectivity index (χ1n) is 6.04. The molecule has 96 valence electrons. The van der Waals surface area contributed by atoms with Gasteiger partial charge < -0.3 is 5.32 Å². The number of rotatable bonds is 4. The summed E-state index contributed by atoms with van der Waals surface area (Å²) in [4.78, 5) is 5.92. The molecule has 2 rings (SSSR count). The lowest BCUT2D eigenvalue weighted by Crippen LogP contribution is -2.21. The summed E-state index contributed by atoms with van der Waals surface area (Å²) in [7, 11) is 0. The second-order valence-corrected chi connectivity index (χ2v) is 5.91. The van der Waals surface area contributed by atoms with Crippen molar-refractivity contribution < 1.29 is 0 Å². The van der Waals surface area contributed by atoms with E-state index in [-0.39, 0.29) is 6.04 Å². The maximum absolute atomic E-state index is 6.07. The van der Waals surface area contributed by atoms with Gasteiger partial charge in [0.05, 0.1) is 11.7 Å². The molecule has 4 heteroatoms. The number of nitrogens with zero attached hydrogens (tertiary/aromatic N) is 1. The van der Waals surface area contributed by atoms with Crippen molar-refractivity contribution in [1.29, 1.82) is 0 Å². The number of halogens is 1. The van der Waals surface area contributed by atoms with Crippen molar-refractivity contribution in [3.8, 4) is 0 Å². The van der Waals surface area contributed by atoms with Crippen LogP contribution in [-0.4, -0.2) is 11.5 Å². The SMILES string of the molecule is CCNC(c1cccc(Cl)c1)c1nc(C)c(C)s1. The van der Waals surface area contributed by atoms with Gasteiger partial charge in [0.2, 0.25) is 0 Å². The summed E-state index contributed by atoms with van der Waals surface area (Å²) in [5.41, 5.74) is 2.28. The van der Waals surface area contributed by atoms with Crippen LogP contribution in [0.15, 0.2) is 24.3 Å². The fraction of sp³-hybridized carbons (Fsp3) is 0.357. The topological polar surface area (TPSA) is 24.9 Å². The van der Waals surface area contributed by atoms with Crippen molar-refractivity contribution in [2.24, 2.45) is 0 Å². The Morgan fingerprint density at radius 3 is 2.72 bits per heavy atom. The average molecular weight is 281 g/mol. The van der Waals surface area contributed by atoms with Crippen LogP contribution in [0.5, 0.6) is 0 Å². The number of nitrogens with one attached hydrogen (secondary N) is 1. The van der Waals surface area contributed by atoms with Crippen LogP contribution in [-0.2, 0) is 0 Å². The molecule has 0 aliphatic carbocycles. The highest BCUT2D eigenvalue weighted by Gasteiger charge is 2.17. The quantitative estimate of drug-likeness (QED) is 0.912. The van der Waals surface area contributed by atoms with Crippen LogP contribution in [0.1, 0.15) is 34.1 Å². The van der Waals surface area contributed by atoms with Crippen molar-refractivity contribution in [2.45, 2.75) is 26.8 Å². The van der Waals surface area contributed by atoms with Crippen LogP contribution >= 0.6 is 22.9 Å². The second kappa shape index (κ2) is 5.83. The van der Waals surface area contributed by atoms with Gasteiger partial charge >= 0.3 is 0 Å². The maximum atomic E-state index is 6.07. The van der Waals surface area contributed by atoms with Crippen LogP contribution in [0.25, 0.3) is 0 Å². The highest BCUT2D eigenvalue weighted by molar-refractivity contribution is 7.11. The molecule has 0 radical (unpaired) electrons. The molecule has 0 saturated carbocycles. The van der Waals surface area contributed by atoms with E-state index in [0.29, 0.717) is 0 Å². The van der Waals surface area contributed by atoms with Crippen molar-refractivity contribution in [3.05, 3.63) is 50.4 Å². The molecule has 2 nitrogen and oxygen atoms in total. The molecular weight excluding hydrogens is 264 g/mol. The molecule has 18 heavy (non-hydrogen) atoms. The minimum atomic E-state index is 0.131. The number of aryl methyl sites for hydroxylation is 2. The van der Waals surface area contributed by atoms with E-state index in [0.717, 1.165) is 27.8 Å². The number of hydrogen-bond acceptors (Lipinski definition) is 3. The summed E-state index contributed by atoms with van der Waals surface area (Å²) in [5, 5.41) is 5.34. The van der Waals surface area contributed by atoms with Gasteiger partial charge in [-0.25, -0.2) is 4.98 Å². The molecule has 0 saturated heterocycles. The normalized spacial score (nSPS) is 12.7. The van der Waals surface area contributed by atoms with E-state index in [9.17, 15) is 0 Å². The minimum Gasteiger partial charge on any atom is -0.305 e. The molecule has 0 bridgehead atoms. The van der Waals surface area contributed by atoms with Gasteiger partial charge in [0.15, 0.2) is 0 Å². The van der Waals surface area contributed by atoms with Crippen LogP contribution in [0.3, 0.4) is 0 Å². The van der Waals surface area contributed by atoms with Crippen molar-refractivity contribution in [2.75, 3.05) is 6.54 Å². The lowest BCUT2D eigenvalue weighted by Gasteiger charge is -2.16. The summed E-state index contributed by atoms with van der Waals surface area (Å²) < 4.78 is 0. The molecule has 0 fully saturated rings. The monoisotopic (exact) mass is 280 g/mol. The van der Waals surface area contributed by atoms with Gasteiger partial charge in [-0.15, -0.1) is 11.3 Å². The Balaban J connectivity index is 2.39. The summed E-state index contributed by atoms with van der Waals surface area (Å²) in [6, 6.07) is 8.10. The first-order chi connectivity index (χ1) is 8.61.